The number of hydrogen-bond donors (Lipinski definition) is 2. The van der Waals surface area contributed by atoms with Crippen LogP contribution in [0.1, 0.15) is 49.4 Å². The largest absolute Gasteiger partial charge is 0.486 e. The number of halogens is 3. The van der Waals surface area contributed by atoms with Crippen LogP contribution in [-0.2, 0) is 14.9 Å². The number of hydrogen-bond acceptors (Lipinski definition) is 5. The molecule has 2 heterocycles. The summed E-state index contributed by atoms with van der Waals surface area (Å²) >= 11 is 0. The average molecular weight is 478 g/mol. The van der Waals surface area contributed by atoms with E-state index in [2.05, 4.69) is 4.98 Å². The van der Waals surface area contributed by atoms with E-state index in [1.807, 2.05) is 19.1 Å². The maximum absolute atomic E-state index is 14.8. The quantitative estimate of drug-likeness (QED) is 0.509. The van der Waals surface area contributed by atoms with Gasteiger partial charge >= 0.3 is 5.92 Å². The van der Waals surface area contributed by atoms with Gasteiger partial charge in [0.25, 0.3) is 0 Å². The van der Waals surface area contributed by atoms with Gasteiger partial charge in [-0.1, -0.05) is 31.2 Å². The van der Waals surface area contributed by atoms with Gasteiger partial charge in [-0.3, -0.25) is 0 Å². The van der Waals surface area contributed by atoms with Crippen molar-refractivity contribution in [2.24, 2.45) is 0 Å². The number of rotatable bonds is 9. The third-order valence-corrected chi connectivity index (χ3v) is 6.69. The Morgan fingerprint density at radius 2 is 1.94 bits per heavy atom. The van der Waals surface area contributed by atoms with E-state index in [0.717, 1.165) is 18.4 Å². The van der Waals surface area contributed by atoms with Gasteiger partial charge in [0.05, 0.1) is 31.3 Å². The van der Waals surface area contributed by atoms with Gasteiger partial charge in [0.2, 0.25) is 0 Å². The Balaban J connectivity index is 1.62. The highest BCUT2D eigenvalue weighted by Crippen LogP contribution is 2.48. The second-order valence-corrected chi connectivity index (χ2v) is 9.18. The van der Waals surface area contributed by atoms with Crippen molar-refractivity contribution in [2.45, 2.75) is 63.1 Å². The number of aliphatic hydroxyl groups is 2. The molecule has 1 aromatic heterocycles. The van der Waals surface area contributed by atoms with Gasteiger partial charge in [0.15, 0.2) is 6.10 Å². The molecule has 8 heteroatoms. The van der Waals surface area contributed by atoms with E-state index in [4.69, 9.17) is 14.6 Å². The Labute approximate surface area is 197 Å². The lowest BCUT2D eigenvalue weighted by Crippen LogP contribution is -2.41. The summed E-state index contributed by atoms with van der Waals surface area (Å²) in [6, 6.07) is 8.72. The number of ether oxygens (including phenoxy) is 2. The van der Waals surface area contributed by atoms with Crippen LogP contribution in [0, 0.1) is 12.7 Å². The topological polar surface area (TPSA) is 71.8 Å². The SMILES string of the molecule is CCC/C(=C\c1nc(-c2ccc(C3(CO)CC3)cc2)c(F)cc1C)O[C@@H]1CO[C@H](CO)C1(F)F. The Morgan fingerprint density at radius 1 is 1.24 bits per heavy atom. The van der Waals surface area contributed by atoms with E-state index in [0.29, 0.717) is 35.4 Å². The molecule has 34 heavy (non-hydrogen) atoms. The van der Waals surface area contributed by atoms with E-state index in [1.54, 1.807) is 25.1 Å². The van der Waals surface area contributed by atoms with E-state index in [-0.39, 0.29) is 24.3 Å². The molecule has 184 valence electrons. The first-order valence-electron chi connectivity index (χ1n) is 11.6. The van der Waals surface area contributed by atoms with Gasteiger partial charge in [-0.25, -0.2) is 9.37 Å². The van der Waals surface area contributed by atoms with Crippen LogP contribution >= 0.6 is 0 Å². The predicted octanol–water partition coefficient (Wildman–Crippen LogP) is 4.77. The summed E-state index contributed by atoms with van der Waals surface area (Å²) in [4.78, 5) is 4.49. The maximum atomic E-state index is 14.8. The normalized spacial score (nSPS) is 23.2. The molecule has 4 rings (SSSR count). The summed E-state index contributed by atoms with van der Waals surface area (Å²) in [6.45, 7) is 2.56. The fraction of sp³-hybridized carbons (Fsp3) is 0.500. The van der Waals surface area contributed by atoms with Gasteiger partial charge in [-0.2, -0.15) is 8.78 Å². The first-order chi connectivity index (χ1) is 16.2. The third kappa shape index (κ3) is 4.72. The molecule has 0 bridgehead atoms. The average Bonchev–Trinajstić information content (AvgIpc) is 3.56. The molecule has 0 spiro atoms. The van der Waals surface area contributed by atoms with Gasteiger partial charge in [-0.15, -0.1) is 0 Å². The molecule has 1 aliphatic heterocycles. The summed E-state index contributed by atoms with van der Waals surface area (Å²) in [5, 5.41) is 18.8. The smallest absolute Gasteiger partial charge is 0.314 e. The van der Waals surface area contributed by atoms with Crippen molar-refractivity contribution < 1.29 is 32.9 Å². The van der Waals surface area contributed by atoms with Crippen LogP contribution in [0.2, 0.25) is 0 Å². The summed E-state index contributed by atoms with van der Waals surface area (Å²) < 4.78 is 54.4. The fourth-order valence-corrected chi connectivity index (χ4v) is 4.28. The molecule has 2 N–H and O–H groups in total. The number of benzene rings is 1. The number of aromatic nitrogens is 1. The minimum atomic E-state index is -3.33. The lowest BCUT2D eigenvalue weighted by Gasteiger charge is -2.23. The van der Waals surface area contributed by atoms with Crippen molar-refractivity contribution in [1.29, 1.82) is 0 Å². The molecule has 1 saturated heterocycles. The maximum Gasteiger partial charge on any atom is 0.314 e. The highest BCUT2D eigenvalue weighted by atomic mass is 19.3. The Kier molecular flexibility index (Phi) is 7.03. The summed E-state index contributed by atoms with van der Waals surface area (Å²) in [7, 11) is 0. The highest BCUT2D eigenvalue weighted by Gasteiger charge is 2.55. The lowest BCUT2D eigenvalue weighted by atomic mass is 9.95. The van der Waals surface area contributed by atoms with Gasteiger partial charge < -0.3 is 19.7 Å². The molecule has 0 amide bonds. The zero-order valence-electron chi connectivity index (χ0n) is 19.4. The van der Waals surface area contributed by atoms with E-state index < -0.39 is 30.6 Å². The molecular formula is C26H30F3NO4. The molecular weight excluding hydrogens is 447 g/mol. The standard InChI is InChI=1S/C26H30F3NO4/c1-3-4-19(34-23-14-33-22(13-31)26(23,28)29)12-21-16(2)11-20(27)24(30-21)17-5-7-18(8-6-17)25(15-32)9-10-25/h5-8,11-12,22-23,31-32H,3-4,9-10,13-15H2,1-2H3/b19-12+/t22-,23-/m1/s1. The number of pyridine rings is 1. The van der Waals surface area contributed by atoms with Crippen LogP contribution in [-0.4, -0.2) is 53.1 Å². The molecule has 1 saturated carbocycles. The first kappa shape index (κ1) is 24.7. The second-order valence-electron chi connectivity index (χ2n) is 9.18. The van der Waals surface area contributed by atoms with Crippen LogP contribution in [0.3, 0.4) is 0 Å². The third-order valence-electron chi connectivity index (χ3n) is 6.69. The molecule has 2 aliphatic rings. The number of allylic oxidation sites excluding steroid dienone is 1. The van der Waals surface area contributed by atoms with Crippen LogP contribution in [0.5, 0.6) is 0 Å². The number of aryl methyl sites for hydroxylation is 1. The molecule has 2 aromatic rings. The fourth-order valence-electron chi connectivity index (χ4n) is 4.28. The Morgan fingerprint density at radius 3 is 2.50 bits per heavy atom. The minimum absolute atomic E-state index is 0.0861. The number of alkyl halides is 2. The zero-order chi connectivity index (χ0) is 24.5. The van der Waals surface area contributed by atoms with Crippen LogP contribution in [0.25, 0.3) is 17.3 Å². The van der Waals surface area contributed by atoms with Gasteiger partial charge in [0, 0.05) is 23.5 Å². The summed E-state index contributed by atoms with van der Waals surface area (Å²) in [5.74, 6) is -3.51. The van der Waals surface area contributed by atoms with Gasteiger partial charge in [-0.05, 0) is 43.4 Å². The Bertz CT molecular complexity index is 1050. The molecule has 0 unspecified atom stereocenters. The minimum Gasteiger partial charge on any atom is -0.486 e. The van der Waals surface area contributed by atoms with E-state index in [9.17, 15) is 18.3 Å². The van der Waals surface area contributed by atoms with Crippen molar-refractivity contribution in [3.63, 3.8) is 0 Å². The molecule has 1 aliphatic carbocycles. The van der Waals surface area contributed by atoms with Crippen molar-refractivity contribution >= 4 is 6.08 Å². The van der Waals surface area contributed by atoms with E-state index in [1.165, 1.54) is 6.07 Å². The number of nitrogens with zero attached hydrogens (tertiary/aromatic N) is 1. The van der Waals surface area contributed by atoms with Crippen LogP contribution in [0.4, 0.5) is 13.2 Å². The van der Waals surface area contributed by atoms with Crippen LogP contribution in [0.15, 0.2) is 36.1 Å². The summed E-state index contributed by atoms with van der Waals surface area (Å²) in [6.07, 6.45) is 1.36. The first-order valence-corrected chi connectivity index (χ1v) is 11.6. The zero-order valence-corrected chi connectivity index (χ0v) is 19.4. The van der Waals surface area contributed by atoms with Crippen molar-refractivity contribution in [3.05, 3.63) is 58.7 Å². The molecule has 1 aromatic carbocycles. The van der Waals surface area contributed by atoms with E-state index >= 15 is 0 Å². The Hall–Kier alpha value is -2.42. The predicted molar refractivity (Wildman–Crippen MR) is 122 cm³/mol. The molecule has 5 nitrogen and oxygen atoms in total. The van der Waals surface area contributed by atoms with Crippen molar-refractivity contribution in [2.75, 3.05) is 19.8 Å². The van der Waals surface area contributed by atoms with Crippen molar-refractivity contribution in [1.82, 2.24) is 4.98 Å². The van der Waals surface area contributed by atoms with Crippen LogP contribution < -0.4 is 0 Å². The highest BCUT2D eigenvalue weighted by molar-refractivity contribution is 5.64. The van der Waals surface area contributed by atoms with Crippen molar-refractivity contribution in [3.8, 4) is 11.3 Å². The lowest BCUT2D eigenvalue weighted by molar-refractivity contribution is -0.129. The number of aliphatic hydroxyl groups excluding tert-OH is 2. The molecule has 2 fully saturated rings. The molecule has 0 radical (unpaired) electrons. The second kappa shape index (κ2) is 9.68. The van der Waals surface area contributed by atoms with Gasteiger partial charge in [0.1, 0.15) is 17.6 Å². The molecule has 2 atom stereocenters. The summed E-state index contributed by atoms with van der Waals surface area (Å²) in [5.41, 5.74) is 2.56. The monoisotopic (exact) mass is 477 g/mol.